The lowest BCUT2D eigenvalue weighted by molar-refractivity contribution is -0.387. The molecule has 1 aliphatic heterocycles. The fourth-order valence-corrected chi connectivity index (χ4v) is 5.06. The van der Waals surface area contributed by atoms with Crippen molar-refractivity contribution in [3.8, 4) is 0 Å². The van der Waals surface area contributed by atoms with Crippen molar-refractivity contribution in [2.45, 2.75) is 49.1 Å². The first-order valence-electron chi connectivity index (χ1n) is 11.3. The van der Waals surface area contributed by atoms with Crippen molar-refractivity contribution in [3.63, 3.8) is 0 Å². The van der Waals surface area contributed by atoms with Crippen LogP contribution in [0.15, 0.2) is 64.4 Å². The Hall–Kier alpha value is -3.43. The van der Waals surface area contributed by atoms with Crippen LogP contribution < -0.4 is 0 Å². The highest BCUT2D eigenvalue weighted by Crippen LogP contribution is 2.35. The molecule has 1 saturated heterocycles. The summed E-state index contributed by atoms with van der Waals surface area (Å²) in [4.78, 5) is 37.7. The van der Waals surface area contributed by atoms with Crippen LogP contribution in [-0.4, -0.2) is 40.6 Å². The number of aromatic nitrogens is 1. The lowest BCUT2D eigenvalue weighted by Crippen LogP contribution is -2.18. The Morgan fingerprint density at radius 2 is 1.94 bits per heavy atom. The predicted octanol–water partition coefficient (Wildman–Crippen LogP) is 5.38. The molecule has 0 spiro atoms. The summed E-state index contributed by atoms with van der Waals surface area (Å²) in [5.41, 5.74) is 2.06. The summed E-state index contributed by atoms with van der Waals surface area (Å²) in [7, 11) is 0. The highest BCUT2D eigenvalue weighted by Gasteiger charge is 2.23. The summed E-state index contributed by atoms with van der Waals surface area (Å²) >= 11 is 1.24. The summed E-state index contributed by atoms with van der Waals surface area (Å²) in [6.07, 6.45) is 2.17. The summed E-state index contributed by atoms with van der Waals surface area (Å²) in [5.74, 6) is -1.11. The third-order valence-electron chi connectivity index (χ3n) is 5.98. The van der Waals surface area contributed by atoms with E-state index in [0.29, 0.717) is 17.0 Å². The molecule has 35 heavy (non-hydrogen) atoms. The average molecular weight is 495 g/mol. The highest BCUT2D eigenvalue weighted by molar-refractivity contribution is 7.99. The minimum atomic E-state index is -0.786. The van der Waals surface area contributed by atoms with Crippen LogP contribution in [0.2, 0.25) is 0 Å². The largest absolute Gasteiger partial charge is 0.454 e. The number of rotatable bonds is 9. The molecule has 0 radical (unpaired) electrons. The molecule has 0 unspecified atom stereocenters. The van der Waals surface area contributed by atoms with Gasteiger partial charge in [0.25, 0.3) is 5.69 Å². The first-order chi connectivity index (χ1) is 16.8. The number of hydrogen-bond donors (Lipinski definition) is 0. The van der Waals surface area contributed by atoms with Gasteiger partial charge >= 0.3 is 5.97 Å². The molecule has 0 aliphatic carbocycles. The second-order valence-corrected chi connectivity index (χ2v) is 9.50. The SMILES string of the molecule is Cc1cc(C(=O)COC(=O)c2ccc(Sc3ccccc3)c([N+](=O)[O-])c2)c(C)n1C[C@H]1CCCO1. The van der Waals surface area contributed by atoms with E-state index >= 15 is 0 Å². The zero-order valence-electron chi connectivity index (χ0n) is 19.6. The maximum Gasteiger partial charge on any atom is 0.338 e. The van der Waals surface area contributed by atoms with E-state index in [2.05, 4.69) is 4.57 Å². The number of carbonyl (C=O) groups excluding carboxylic acids is 2. The Kier molecular flexibility index (Phi) is 7.67. The Labute approximate surface area is 207 Å². The monoisotopic (exact) mass is 494 g/mol. The number of nitro benzene ring substituents is 1. The van der Waals surface area contributed by atoms with Gasteiger partial charge in [0, 0.05) is 41.1 Å². The van der Waals surface area contributed by atoms with Gasteiger partial charge in [-0.15, -0.1) is 0 Å². The Balaban J connectivity index is 1.43. The number of nitro groups is 1. The van der Waals surface area contributed by atoms with Gasteiger partial charge in [0.2, 0.25) is 5.78 Å². The first kappa shape index (κ1) is 24.7. The Bertz CT molecular complexity index is 1250. The molecule has 4 rings (SSSR count). The number of hydrogen-bond acceptors (Lipinski definition) is 7. The van der Waals surface area contributed by atoms with E-state index in [4.69, 9.17) is 9.47 Å². The molecule has 2 aromatic carbocycles. The van der Waals surface area contributed by atoms with E-state index in [1.807, 2.05) is 44.2 Å². The topological polar surface area (TPSA) is 101 Å². The minimum absolute atomic E-state index is 0.0192. The van der Waals surface area contributed by atoms with Crippen LogP contribution in [0.25, 0.3) is 0 Å². The maximum atomic E-state index is 12.8. The van der Waals surface area contributed by atoms with Gasteiger partial charge in [-0.3, -0.25) is 14.9 Å². The van der Waals surface area contributed by atoms with Crippen molar-refractivity contribution in [1.29, 1.82) is 0 Å². The molecule has 8 nitrogen and oxygen atoms in total. The molecule has 1 fully saturated rings. The molecule has 2 heterocycles. The zero-order chi connectivity index (χ0) is 24.9. The molecular weight excluding hydrogens is 468 g/mol. The second-order valence-electron chi connectivity index (χ2n) is 8.38. The standard InChI is InChI=1S/C26H26N2O6S/c1-17-13-22(18(2)27(17)15-20-7-6-12-33-20)24(29)16-34-26(30)19-10-11-25(23(14-19)28(31)32)35-21-8-4-3-5-9-21/h3-5,8-11,13-14,20H,6-7,12,15-16H2,1-2H3/t20-/m1/s1. The molecule has 9 heteroatoms. The van der Waals surface area contributed by atoms with Crippen LogP contribution in [0.4, 0.5) is 5.69 Å². The number of aryl methyl sites for hydroxylation is 1. The van der Waals surface area contributed by atoms with E-state index in [1.165, 1.54) is 30.0 Å². The van der Waals surface area contributed by atoms with E-state index in [1.54, 1.807) is 6.07 Å². The van der Waals surface area contributed by atoms with Gasteiger partial charge in [-0.1, -0.05) is 30.0 Å². The Morgan fingerprint density at radius 3 is 2.63 bits per heavy atom. The number of benzene rings is 2. The van der Waals surface area contributed by atoms with Crippen LogP contribution in [0, 0.1) is 24.0 Å². The van der Waals surface area contributed by atoms with Gasteiger partial charge < -0.3 is 14.0 Å². The lowest BCUT2D eigenvalue weighted by atomic mass is 10.1. The minimum Gasteiger partial charge on any atom is -0.454 e. The van der Waals surface area contributed by atoms with E-state index < -0.39 is 17.5 Å². The fourth-order valence-electron chi connectivity index (χ4n) is 4.14. The fraction of sp³-hybridized carbons (Fsp3) is 0.308. The van der Waals surface area contributed by atoms with E-state index in [0.717, 1.165) is 35.7 Å². The van der Waals surface area contributed by atoms with Gasteiger partial charge in [-0.05, 0) is 57.0 Å². The zero-order valence-corrected chi connectivity index (χ0v) is 20.4. The van der Waals surface area contributed by atoms with Crippen LogP contribution in [0.3, 0.4) is 0 Å². The van der Waals surface area contributed by atoms with E-state index in [9.17, 15) is 19.7 Å². The van der Waals surface area contributed by atoms with Crippen molar-refractivity contribution in [2.75, 3.05) is 13.2 Å². The molecule has 1 aliphatic rings. The van der Waals surface area contributed by atoms with Gasteiger partial charge in [0.05, 0.1) is 21.5 Å². The Morgan fingerprint density at radius 1 is 1.17 bits per heavy atom. The van der Waals surface area contributed by atoms with Crippen molar-refractivity contribution >= 4 is 29.2 Å². The van der Waals surface area contributed by atoms with E-state index in [-0.39, 0.29) is 23.1 Å². The number of ether oxygens (including phenoxy) is 2. The number of carbonyl (C=O) groups is 2. The molecule has 0 saturated carbocycles. The number of ketones is 1. The quantitative estimate of drug-likeness (QED) is 0.170. The normalized spacial score (nSPS) is 15.2. The summed E-state index contributed by atoms with van der Waals surface area (Å²) in [6, 6.07) is 15.2. The number of nitrogens with zero attached hydrogens (tertiary/aromatic N) is 2. The van der Waals surface area contributed by atoms with Crippen LogP contribution in [0.1, 0.15) is 44.9 Å². The van der Waals surface area contributed by atoms with Gasteiger partial charge in [-0.2, -0.15) is 0 Å². The maximum absolute atomic E-state index is 12.8. The molecular formula is C26H26N2O6S. The van der Waals surface area contributed by atoms with Crippen molar-refractivity contribution < 1.29 is 24.0 Å². The number of Topliss-reactive ketones (excluding diaryl/α,β-unsaturated/α-hetero) is 1. The molecule has 0 N–H and O–H groups in total. The average Bonchev–Trinajstić information content (AvgIpc) is 3.47. The number of esters is 1. The summed E-state index contributed by atoms with van der Waals surface area (Å²) < 4.78 is 13.0. The van der Waals surface area contributed by atoms with Crippen molar-refractivity contribution in [2.24, 2.45) is 0 Å². The predicted molar refractivity (Wildman–Crippen MR) is 131 cm³/mol. The summed E-state index contributed by atoms with van der Waals surface area (Å²) in [5, 5.41) is 11.6. The molecule has 0 amide bonds. The second kappa shape index (κ2) is 10.9. The molecule has 182 valence electrons. The van der Waals surface area contributed by atoms with Gasteiger partial charge in [-0.25, -0.2) is 4.79 Å². The van der Waals surface area contributed by atoms with Crippen molar-refractivity contribution in [3.05, 3.63) is 87.2 Å². The van der Waals surface area contributed by atoms with Crippen molar-refractivity contribution in [1.82, 2.24) is 4.57 Å². The van der Waals surface area contributed by atoms with Gasteiger partial charge in [0.1, 0.15) is 0 Å². The van der Waals surface area contributed by atoms with Gasteiger partial charge in [0.15, 0.2) is 6.61 Å². The molecule has 1 aromatic heterocycles. The first-order valence-corrected chi connectivity index (χ1v) is 12.1. The molecule has 0 bridgehead atoms. The lowest BCUT2D eigenvalue weighted by Gasteiger charge is -2.14. The smallest absolute Gasteiger partial charge is 0.338 e. The van der Waals surface area contributed by atoms with Crippen LogP contribution in [-0.2, 0) is 16.0 Å². The third-order valence-corrected chi connectivity index (χ3v) is 7.05. The van der Waals surface area contributed by atoms with Crippen LogP contribution in [0.5, 0.6) is 0 Å². The molecule has 1 atom stereocenters. The third kappa shape index (κ3) is 5.80. The van der Waals surface area contributed by atoms with Crippen LogP contribution >= 0.6 is 11.8 Å². The molecule has 3 aromatic rings. The highest BCUT2D eigenvalue weighted by atomic mass is 32.2. The summed E-state index contributed by atoms with van der Waals surface area (Å²) in [6.45, 7) is 4.79.